The van der Waals surface area contributed by atoms with E-state index < -0.39 is 5.54 Å². The van der Waals surface area contributed by atoms with Gasteiger partial charge >= 0.3 is 0 Å². The zero-order valence-corrected chi connectivity index (χ0v) is 18.0. The lowest BCUT2D eigenvalue weighted by molar-refractivity contribution is -0.132. The zero-order chi connectivity index (χ0) is 18.1. The summed E-state index contributed by atoms with van der Waals surface area (Å²) in [6, 6.07) is 16.3. The molecule has 2 unspecified atom stereocenters. The molecule has 152 valence electrons. The Kier molecular flexibility index (Phi) is 7.77. The number of nitrogens with one attached hydrogen (secondary N) is 1. The van der Waals surface area contributed by atoms with Crippen LogP contribution in [-0.4, -0.2) is 42.5 Å². The van der Waals surface area contributed by atoms with Gasteiger partial charge in [-0.15, -0.1) is 24.8 Å². The SMILES string of the molecule is Cl.Cl.NC(=O)C1(N2CCNCC2)Cc2ccccc2C1Cc1ccc(Cl)cc1. The van der Waals surface area contributed by atoms with Gasteiger partial charge in [0.05, 0.1) is 0 Å². The Balaban J connectivity index is 0.00000140. The predicted octanol–water partition coefficient (Wildman–Crippen LogP) is 3.20. The summed E-state index contributed by atoms with van der Waals surface area (Å²) < 4.78 is 0. The largest absolute Gasteiger partial charge is 0.368 e. The van der Waals surface area contributed by atoms with Crippen molar-refractivity contribution in [1.82, 2.24) is 10.2 Å². The molecule has 0 saturated carbocycles. The molecule has 1 saturated heterocycles. The molecule has 2 aliphatic rings. The van der Waals surface area contributed by atoms with Crippen molar-refractivity contribution in [3.05, 3.63) is 70.2 Å². The normalized spacial score (nSPS) is 24.0. The first-order chi connectivity index (χ1) is 12.6. The van der Waals surface area contributed by atoms with Gasteiger partial charge in [-0.2, -0.15) is 0 Å². The Morgan fingerprint density at radius 3 is 2.39 bits per heavy atom. The van der Waals surface area contributed by atoms with Gasteiger partial charge in [-0.25, -0.2) is 0 Å². The van der Waals surface area contributed by atoms with Gasteiger partial charge in [0.25, 0.3) is 0 Å². The van der Waals surface area contributed by atoms with Crippen LogP contribution in [0.2, 0.25) is 5.02 Å². The number of carbonyl (C=O) groups is 1. The lowest BCUT2D eigenvalue weighted by atomic mass is 9.78. The minimum absolute atomic E-state index is 0. The predicted molar refractivity (Wildman–Crippen MR) is 119 cm³/mol. The number of carbonyl (C=O) groups excluding carboxylic acids is 1. The van der Waals surface area contributed by atoms with Crippen LogP contribution in [-0.2, 0) is 17.6 Å². The molecule has 1 fully saturated rings. The first-order valence-corrected chi connectivity index (χ1v) is 9.57. The number of hydrogen-bond donors (Lipinski definition) is 2. The van der Waals surface area contributed by atoms with Crippen molar-refractivity contribution >= 4 is 42.3 Å². The molecule has 1 aliphatic carbocycles. The monoisotopic (exact) mass is 441 g/mol. The molecule has 1 heterocycles. The van der Waals surface area contributed by atoms with Crippen LogP contribution in [0.1, 0.15) is 22.6 Å². The summed E-state index contributed by atoms with van der Waals surface area (Å²) in [5.74, 6) is -0.162. The highest BCUT2D eigenvalue weighted by atomic mass is 35.5. The van der Waals surface area contributed by atoms with Crippen LogP contribution in [0.3, 0.4) is 0 Å². The summed E-state index contributed by atoms with van der Waals surface area (Å²) in [5, 5.41) is 4.10. The van der Waals surface area contributed by atoms with Crippen LogP contribution in [0.5, 0.6) is 0 Å². The first-order valence-electron chi connectivity index (χ1n) is 9.19. The molecule has 0 aromatic heterocycles. The van der Waals surface area contributed by atoms with E-state index in [1.165, 1.54) is 16.7 Å². The van der Waals surface area contributed by atoms with Crippen molar-refractivity contribution in [2.75, 3.05) is 26.2 Å². The van der Waals surface area contributed by atoms with E-state index in [1.807, 2.05) is 30.3 Å². The number of amides is 1. The number of halogens is 3. The number of primary amides is 1. The van der Waals surface area contributed by atoms with Crippen LogP contribution in [0.15, 0.2) is 48.5 Å². The molecule has 7 heteroatoms. The van der Waals surface area contributed by atoms with Crippen molar-refractivity contribution in [2.24, 2.45) is 5.73 Å². The minimum atomic E-state index is -0.661. The van der Waals surface area contributed by atoms with Gasteiger partial charge in [-0.05, 0) is 35.2 Å². The number of piperazine rings is 1. The Labute approximate surface area is 183 Å². The van der Waals surface area contributed by atoms with Crippen molar-refractivity contribution in [2.45, 2.75) is 24.3 Å². The first kappa shape index (κ1) is 23.0. The topological polar surface area (TPSA) is 58.4 Å². The van der Waals surface area contributed by atoms with E-state index in [0.717, 1.165) is 37.6 Å². The number of nitrogens with two attached hydrogens (primary N) is 1. The zero-order valence-electron chi connectivity index (χ0n) is 15.6. The molecule has 2 aromatic carbocycles. The molecule has 1 amide bonds. The lowest BCUT2D eigenvalue weighted by Crippen LogP contribution is -2.64. The molecule has 4 nitrogen and oxygen atoms in total. The van der Waals surface area contributed by atoms with E-state index >= 15 is 0 Å². The van der Waals surface area contributed by atoms with Crippen molar-refractivity contribution in [1.29, 1.82) is 0 Å². The summed E-state index contributed by atoms with van der Waals surface area (Å²) in [6.07, 6.45) is 1.47. The Bertz CT molecular complexity index is 809. The average molecular weight is 443 g/mol. The smallest absolute Gasteiger partial charge is 0.238 e. The number of nitrogens with zero attached hydrogens (tertiary/aromatic N) is 1. The van der Waals surface area contributed by atoms with Crippen molar-refractivity contribution < 1.29 is 4.79 Å². The van der Waals surface area contributed by atoms with Crippen molar-refractivity contribution in [3.8, 4) is 0 Å². The van der Waals surface area contributed by atoms with Crippen molar-refractivity contribution in [3.63, 3.8) is 0 Å². The number of fused-ring (bicyclic) bond motifs is 1. The third-order valence-electron chi connectivity index (χ3n) is 5.93. The van der Waals surface area contributed by atoms with Gasteiger partial charge in [-0.3, -0.25) is 9.69 Å². The highest BCUT2D eigenvalue weighted by Gasteiger charge is 2.54. The molecule has 3 N–H and O–H groups in total. The van der Waals surface area contributed by atoms with Gasteiger partial charge in [0.1, 0.15) is 5.54 Å². The van der Waals surface area contributed by atoms with Gasteiger partial charge in [0, 0.05) is 43.5 Å². The van der Waals surface area contributed by atoms with Crippen LogP contribution < -0.4 is 11.1 Å². The summed E-state index contributed by atoms with van der Waals surface area (Å²) in [4.78, 5) is 15.2. The maximum atomic E-state index is 12.9. The van der Waals surface area contributed by atoms with E-state index in [0.29, 0.717) is 6.42 Å². The molecule has 0 radical (unpaired) electrons. The second kappa shape index (κ2) is 9.47. The molecule has 2 atom stereocenters. The summed E-state index contributed by atoms with van der Waals surface area (Å²) >= 11 is 6.05. The second-order valence-electron chi connectivity index (χ2n) is 7.28. The van der Waals surface area contributed by atoms with E-state index in [-0.39, 0.29) is 36.6 Å². The summed E-state index contributed by atoms with van der Waals surface area (Å²) in [6.45, 7) is 3.46. The Morgan fingerprint density at radius 1 is 1.11 bits per heavy atom. The summed E-state index contributed by atoms with van der Waals surface area (Å²) in [7, 11) is 0. The molecule has 0 bridgehead atoms. The fourth-order valence-corrected chi connectivity index (χ4v) is 4.78. The minimum Gasteiger partial charge on any atom is -0.368 e. The standard InChI is InChI=1S/C21H24ClN3O.2ClH/c22-17-7-5-15(6-8-17)13-19-18-4-2-1-3-16(18)14-21(19,20(23)26)25-11-9-24-10-12-25;;/h1-8,19,24H,9-14H2,(H2,23,26);2*1H. The molecule has 4 rings (SSSR count). The molecule has 1 aliphatic heterocycles. The van der Waals surface area contributed by atoms with Crippen LogP contribution in [0.25, 0.3) is 0 Å². The molecule has 2 aromatic rings. The summed E-state index contributed by atoms with van der Waals surface area (Å²) in [5.41, 5.74) is 9.09. The number of benzene rings is 2. The third kappa shape index (κ3) is 4.03. The van der Waals surface area contributed by atoms with E-state index in [1.54, 1.807) is 0 Å². The molecule has 28 heavy (non-hydrogen) atoms. The highest BCUT2D eigenvalue weighted by molar-refractivity contribution is 6.30. The molecular weight excluding hydrogens is 417 g/mol. The van der Waals surface area contributed by atoms with E-state index in [9.17, 15) is 4.79 Å². The molecular formula is C21H26Cl3N3O. The maximum Gasteiger partial charge on any atom is 0.238 e. The average Bonchev–Trinajstić information content (AvgIpc) is 3.00. The second-order valence-corrected chi connectivity index (χ2v) is 7.72. The lowest BCUT2D eigenvalue weighted by Gasteiger charge is -2.45. The van der Waals surface area contributed by atoms with Gasteiger partial charge in [0.15, 0.2) is 0 Å². The van der Waals surface area contributed by atoms with Crippen LogP contribution in [0, 0.1) is 0 Å². The van der Waals surface area contributed by atoms with Crippen LogP contribution >= 0.6 is 36.4 Å². The van der Waals surface area contributed by atoms with E-state index in [4.69, 9.17) is 17.3 Å². The Hall–Kier alpha value is -1.30. The fourth-order valence-electron chi connectivity index (χ4n) is 4.65. The van der Waals surface area contributed by atoms with Gasteiger partial charge < -0.3 is 11.1 Å². The fraction of sp³-hybridized carbons (Fsp3) is 0.381. The number of hydrogen-bond acceptors (Lipinski definition) is 3. The Morgan fingerprint density at radius 2 is 1.75 bits per heavy atom. The maximum absolute atomic E-state index is 12.9. The van der Waals surface area contributed by atoms with E-state index in [2.05, 4.69) is 28.4 Å². The highest BCUT2D eigenvalue weighted by Crippen LogP contribution is 2.46. The van der Waals surface area contributed by atoms with Gasteiger partial charge in [0.2, 0.25) is 5.91 Å². The third-order valence-corrected chi connectivity index (χ3v) is 6.18. The quantitative estimate of drug-likeness (QED) is 0.764. The molecule has 0 spiro atoms. The van der Waals surface area contributed by atoms with Crippen LogP contribution in [0.4, 0.5) is 0 Å². The number of rotatable bonds is 4. The van der Waals surface area contributed by atoms with Gasteiger partial charge in [-0.1, -0.05) is 48.0 Å².